The second-order valence-corrected chi connectivity index (χ2v) is 3.41. The number of fused-ring (bicyclic) bond motifs is 1. The van der Waals surface area contributed by atoms with E-state index in [0.717, 1.165) is 0 Å². The fourth-order valence-corrected chi connectivity index (χ4v) is 1.41. The first-order chi connectivity index (χ1) is 8.72. The number of ether oxygens (including phenoxy) is 2. The van der Waals surface area contributed by atoms with Gasteiger partial charge in [-0.2, -0.15) is 4.98 Å². The quantitative estimate of drug-likeness (QED) is 0.429. The van der Waals surface area contributed by atoms with E-state index < -0.39 is 0 Å². The SMILES string of the molecule is Nc1nc2c(ncn2COCCOCO)c(=O)[nH]1. The molecule has 0 spiro atoms. The average Bonchev–Trinajstić information content (AvgIpc) is 2.72. The Morgan fingerprint density at radius 2 is 2.22 bits per heavy atom. The van der Waals surface area contributed by atoms with Crippen LogP contribution in [0.1, 0.15) is 0 Å². The van der Waals surface area contributed by atoms with Crippen LogP contribution in [0.15, 0.2) is 11.1 Å². The Balaban J connectivity index is 2.07. The first-order valence-electron chi connectivity index (χ1n) is 5.19. The summed E-state index contributed by atoms with van der Waals surface area (Å²) >= 11 is 0. The van der Waals surface area contributed by atoms with Crippen LogP contribution < -0.4 is 11.3 Å². The van der Waals surface area contributed by atoms with Crippen molar-refractivity contribution < 1.29 is 14.6 Å². The van der Waals surface area contributed by atoms with Gasteiger partial charge in [0.2, 0.25) is 5.95 Å². The molecule has 0 aliphatic carbocycles. The number of rotatable bonds is 6. The number of nitrogens with two attached hydrogens (primary N) is 1. The molecular weight excluding hydrogens is 242 g/mol. The maximum absolute atomic E-state index is 11.5. The number of nitrogens with one attached hydrogen (secondary N) is 1. The minimum atomic E-state index is -0.389. The second kappa shape index (κ2) is 5.58. The van der Waals surface area contributed by atoms with E-state index in [0.29, 0.717) is 12.3 Å². The third-order valence-corrected chi connectivity index (χ3v) is 2.19. The van der Waals surface area contributed by atoms with Gasteiger partial charge in [-0.25, -0.2) is 4.98 Å². The lowest BCUT2D eigenvalue weighted by molar-refractivity contribution is -0.0390. The molecule has 0 fully saturated rings. The van der Waals surface area contributed by atoms with Crippen LogP contribution in [0.3, 0.4) is 0 Å². The molecule has 0 radical (unpaired) electrons. The molecule has 2 rings (SSSR count). The van der Waals surface area contributed by atoms with Crippen molar-refractivity contribution in [3.8, 4) is 0 Å². The summed E-state index contributed by atoms with van der Waals surface area (Å²) in [6.45, 7) is 0.407. The molecule has 0 aliphatic heterocycles. The highest BCUT2D eigenvalue weighted by molar-refractivity contribution is 5.70. The van der Waals surface area contributed by atoms with Crippen molar-refractivity contribution in [1.29, 1.82) is 0 Å². The van der Waals surface area contributed by atoms with Crippen LogP contribution >= 0.6 is 0 Å². The van der Waals surface area contributed by atoms with Crippen molar-refractivity contribution in [3.63, 3.8) is 0 Å². The predicted octanol–water partition coefficient (Wildman–Crippen LogP) is -1.36. The molecule has 0 saturated carbocycles. The normalized spacial score (nSPS) is 11.2. The fourth-order valence-electron chi connectivity index (χ4n) is 1.41. The lowest BCUT2D eigenvalue weighted by Gasteiger charge is -2.05. The van der Waals surface area contributed by atoms with Crippen molar-refractivity contribution in [3.05, 3.63) is 16.7 Å². The number of imidazole rings is 1. The maximum atomic E-state index is 11.5. The zero-order chi connectivity index (χ0) is 13.0. The van der Waals surface area contributed by atoms with Crippen molar-refractivity contribution in [2.75, 3.05) is 25.7 Å². The van der Waals surface area contributed by atoms with Gasteiger partial charge in [-0.15, -0.1) is 0 Å². The molecule has 0 bridgehead atoms. The van der Waals surface area contributed by atoms with Crippen molar-refractivity contribution in [2.45, 2.75) is 6.73 Å². The topological polar surface area (TPSA) is 128 Å². The first kappa shape index (κ1) is 12.5. The van der Waals surface area contributed by atoms with Crippen LogP contribution in [-0.2, 0) is 16.2 Å². The monoisotopic (exact) mass is 255 g/mol. The summed E-state index contributed by atoms with van der Waals surface area (Å²) in [5.74, 6) is 0.0258. The minimum absolute atomic E-state index is 0.0258. The first-order valence-corrected chi connectivity index (χ1v) is 5.19. The Hall–Kier alpha value is -1.97. The molecule has 2 aromatic rings. The van der Waals surface area contributed by atoms with E-state index in [1.807, 2.05) is 0 Å². The number of hydrogen-bond acceptors (Lipinski definition) is 7. The van der Waals surface area contributed by atoms with Gasteiger partial charge in [-0.1, -0.05) is 0 Å². The molecule has 0 aromatic carbocycles. The van der Waals surface area contributed by atoms with Crippen molar-refractivity contribution in [2.24, 2.45) is 0 Å². The van der Waals surface area contributed by atoms with Gasteiger partial charge >= 0.3 is 0 Å². The summed E-state index contributed by atoms with van der Waals surface area (Å²) in [7, 11) is 0. The molecule has 98 valence electrons. The number of hydrogen-bond donors (Lipinski definition) is 3. The van der Waals surface area contributed by atoms with Crippen molar-refractivity contribution >= 4 is 17.1 Å². The number of aromatic amines is 1. The van der Waals surface area contributed by atoms with E-state index in [1.54, 1.807) is 4.57 Å². The van der Waals surface area contributed by atoms with E-state index >= 15 is 0 Å². The highest BCUT2D eigenvalue weighted by Gasteiger charge is 2.08. The minimum Gasteiger partial charge on any atom is -0.371 e. The number of nitrogens with zero attached hydrogens (tertiary/aromatic N) is 3. The number of aliphatic hydroxyl groups excluding tert-OH is 1. The summed E-state index contributed by atoms with van der Waals surface area (Å²) in [5, 5.41) is 8.40. The lowest BCUT2D eigenvalue weighted by atomic mass is 10.5. The average molecular weight is 255 g/mol. The highest BCUT2D eigenvalue weighted by Crippen LogP contribution is 2.06. The zero-order valence-electron chi connectivity index (χ0n) is 9.50. The van der Waals surface area contributed by atoms with E-state index in [1.165, 1.54) is 6.33 Å². The van der Waals surface area contributed by atoms with E-state index in [4.69, 9.17) is 20.3 Å². The maximum Gasteiger partial charge on any atom is 0.280 e. The standard InChI is InChI=1S/C9H13N5O4/c10-9-12-7-6(8(16)13-9)11-3-14(7)4-17-1-2-18-5-15/h3,15H,1-2,4-5H2,(H3,10,12,13,16). The number of aliphatic hydroxyl groups is 1. The molecular formula is C9H13N5O4. The zero-order valence-corrected chi connectivity index (χ0v) is 9.50. The van der Waals surface area contributed by atoms with Crippen LogP contribution in [0, 0.1) is 0 Å². The highest BCUT2D eigenvalue weighted by atomic mass is 16.6. The van der Waals surface area contributed by atoms with Crippen LogP contribution in [0.5, 0.6) is 0 Å². The van der Waals surface area contributed by atoms with E-state index in [2.05, 4.69) is 15.0 Å². The van der Waals surface area contributed by atoms with Gasteiger partial charge in [0.05, 0.1) is 19.5 Å². The summed E-state index contributed by atoms with van der Waals surface area (Å²) in [5.41, 5.74) is 5.63. The van der Waals surface area contributed by atoms with Gasteiger partial charge < -0.3 is 20.3 Å². The van der Waals surface area contributed by atoms with Crippen LogP contribution in [0.25, 0.3) is 11.2 Å². The largest absolute Gasteiger partial charge is 0.371 e. The molecule has 0 unspecified atom stereocenters. The molecule has 0 aliphatic rings. The van der Waals surface area contributed by atoms with Crippen molar-refractivity contribution in [1.82, 2.24) is 19.5 Å². The summed E-state index contributed by atoms with van der Waals surface area (Å²) in [4.78, 5) is 21.8. The lowest BCUT2D eigenvalue weighted by Crippen LogP contribution is -2.13. The summed E-state index contributed by atoms with van der Waals surface area (Å²) < 4.78 is 11.5. The third kappa shape index (κ3) is 2.64. The Bertz CT molecular complexity index is 578. The fraction of sp³-hybridized carbons (Fsp3) is 0.444. The van der Waals surface area contributed by atoms with Gasteiger partial charge in [-0.05, 0) is 0 Å². The molecule has 9 heteroatoms. The molecule has 4 N–H and O–H groups in total. The van der Waals surface area contributed by atoms with E-state index in [9.17, 15) is 4.79 Å². The Morgan fingerprint density at radius 3 is 3.00 bits per heavy atom. The van der Waals surface area contributed by atoms with Gasteiger partial charge in [-0.3, -0.25) is 14.3 Å². The third-order valence-electron chi connectivity index (χ3n) is 2.19. The number of H-pyrrole nitrogens is 1. The Kier molecular flexibility index (Phi) is 3.87. The smallest absolute Gasteiger partial charge is 0.280 e. The summed E-state index contributed by atoms with van der Waals surface area (Å²) in [6.07, 6.45) is 1.44. The number of aromatic nitrogens is 4. The number of nitrogen functional groups attached to an aromatic ring is 1. The van der Waals surface area contributed by atoms with Crippen LogP contribution in [0.4, 0.5) is 5.95 Å². The molecule has 0 amide bonds. The molecule has 0 saturated heterocycles. The molecule has 2 aromatic heterocycles. The van der Waals surface area contributed by atoms with Crippen LogP contribution in [-0.4, -0.2) is 44.6 Å². The summed E-state index contributed by atoms with van der Waals surface area (Å²) in [6, 6.07) is 0. The Morgan fingerprint density at radius 1 is 1.44 bits per heavy atom. The van der Waals surface area contributed by atoms with Crippen LogP contribution in [0.2, 0.25) is 0 Å². The molecule has 9 nitrogen and oxygen atoms in total. The second-order valence-electron chi connectivity index (χ2n) is 3.41. The molecule has 18 heavy (non-hydrogen) atoms. The van der Waals surface area contributed by atoms with Gasteiger partial charge in [0.1, 0.15) is 13.5 Å². The van der Waals surface area contributed by atoms with Gasteiger partial charge in [0.15, 0.2) is 11.2 Å². The number of anilines is 1. The molecule has 2 heterocycles. The van der Waals surface area contributed by atoms with Gasteiger partial charge in [0, 0.05) is 0 Å². The molecule has 0 atom stereocenters. The predicted molar refractivity (Wildman–Crippen MR) is 61.6 cm³/mol. The Labute approximate surface area is 101 Å². The van der Waals surface area contributed by atoms with E-state index in [-0.39, 0.29) is 37.2 Å². The van der Waals surface area contributed by atoms with Gasteiger partial charge in [0.25, 0.3) is 5.56 Å².